The van der Waals surface area contributed by atoms with Gasteiger partial charge in [-0.05, 0) is 45.1 Å². The number of carbonyl (C=O) groups is 1. The summed E-state index contributed by atoms with van der Waals surface area (Å²) in [6.07, 6.45) is 8.83. The fourth-order valence-corrected chi connectivity index (χ4v) is 2.24. The second-order valence-corrected chi connectivity index (χ2v) is 5.55. The molecule has 20 heavy (non-hydrogen) atoms. The highest BCUT2D eigenvalue weighted by atomic mass is 16.7. The van der Waals surface area contributed by atoms with Crippen molar-refractivity contribution in [3.8, 4) is 0 Å². The van der Waals surface area contributed by atoms with Crippen molar-refractivity contribution in [1.82, 2.24) is 0 Å². The van der Waals surface area contributed by atoms with Crippen LogP contribution in [0.1, 0.15) is 79.1 Å². The molecular weight excluding hydrogens is 252 g/mol. The molecule has 3 nitrogen and oxygen atoms in total. The lowest BCUT2D eigenvalue weighted by atomic mass is 9.91. The summed E-state index contributed by atoms with van der Waals surface area (Å²) in [5.74, 6) is 0. The maximum atomic E-state index is 11.9. The Morgan fingerprint density at radius 3 is 2.10 bits per heavy atom. The topological polar surface area (TPSA) is 35.5 Å². The van der Waals surface area contributed by atoms with Crippen molar-refractivity contribution in [3.05, 3.63) is 12.7 Å². The van der Waals surface area contributed by atoms with E-state index in [0.29, 0.717) is 0 Å². The first-order valence-electron chi connectivity index (χ1n) is 8.06. The molecule has 3 heteroatoms. The monoisotopic (exact) mass is 284 g/mol. The molecule has 0 bridgehead atoms. The van der Waals surface area contributed by atoms with Crippen molar-refractivity contribution in [1.29, 1.82) is 0 Å². The highest BCUT2D eigenvalue weighted by molar-refractivity contribution is 5.61. The molecule has 0 rings (SSSR count). The molecule has 0 aliphatic carbocycles. The summed E-state index contributed by atoms with van der Waals surface area (Å²) in [6.45, 7) is 12.1. The van der Waals surface area contributed by atoms with Crippen molar-refractivity contribution in [2.24, 2.45) is 0 Å². The Balaban J connectivity index is 4.59. The van der Waals surface area contributed by atoms with Gasteiger partial charge in [0, 0.05) is 0 Å². The van der Waals surface area contributed by atoms with Crippen LogP contribution in [0.4, 0.5) is 4.79 Å². The van der Waals surface area contributed by atoms with Crippen LogP contribution in [0.2, 0.25) is 0 Å². The molecule has 118 valence electrons. The predicted molar refractivity (Wildman–Crippen MR) is 83.9 cm³/mol. The quantitative estimate of drug-likeness (QED) is 0.364. The Morgan fingerprint density at radius 2 is 1.70 bits per heavy atom. The van der Waals surface area contributed by atoms with Crippen molar-refractivity contribution in [2.75, 3.05) is 0 Å². The van der Waals surface area contributed by atoms with Gasteiger partial charge in [-0.25, -0.2) is 4.79 Å². The van der Waals surface area contributed by atoms with E-state index in [2.05, 4.69) is 27.4 Å². The first-order chi connectivity index (χ1) is 9.53. The Kier molecular flexibility index (Phi) is 10.2. The highest BCUT2D eigenvalue weighted by Crippen LogP contribution is 2.28. The van der Waals surface area contributed by atoms with E-state index < -0.39 is 11.8 Å². The number of carbonyl (C=O) groups excluding carboxylic acids is 1. The zero-order chi connectivity index (χ0) is 15.4. The van der Waals surface area contributed by atoms with E-state index >= 15 is 0 Å². The third kappa shape index (κ3) is 7.56. The minimum absolute atomic E-state index is 0.0904. The Labute approximate surface area is 124 Å². The molecule has 0 aromatic carbocycles. The molecule has 1 unspecified atom stereocenters. The summed E-state index contributed by atoms with van der Waals surface area (Å²) in [5.41, 5.74) is -0.560. The Bertz CT molecular complexity index is 265. The summed E-state index contributed by atoms with van der Waals surface area (Å²) >= 11 is 0. The number of ether oxygens (including phenoxy) is 2. The first kappa shape index (κ1) is 19.0. The molecule has 0 saturated heterocycles. The average molecular weight is 284 g/mol. The van der Waals surface area contributed by atoms with E-state index in [1.807, 2.05) is 6.92 Å². The van der Waals surface area contributed by atoms with Crippen LogP contribution in [0.25, 0.3) is 0 Å². The summed E-state index contributed by atoms with van der Waals surface area (Å²) in [5, 5.41) is 0. The molecule has 0 amide bonds. The van der Waals surface area contributed by atoms with Crippen LogP contribution in [0.3, 0.4) is 0 Å². The largest absolute Gasteiger partial charge is 0.509 e. The molecule has 0 N–H and O–H groups in total. The van der Waals surface area contributed by atoms with E-state index in [9.17, 15) is 4.79 Å². The second-order valence-electron chi connectivity index (χ2n) is 5.55. The van der Waals surface area contributed by atoms with Crippen LogP contribution >= 0.6 is 0 Å². The average Bonchev–Trinajstić information content (AvgIpc) is 2.42. The fraction of sp³-hybridized carbons (Fsp3) is 0.824. The van der Waals surface area contributed by atoms with Gasteiger partial charge in [0.2, 0.25) is 0 Å². The first-order valence-corrected chi connectivity index (χ1v) is 8.06. The van der Waals surface area contributed by atoms with Gasteiger partial charge in [0.05, 0.1) is 0 Å². The number of rotatable bonds is 11. The van der Waals surface area contributed by atoms with Crippen molar-refractivity contribution < 1.29 is 14.3 Å². The van der Waals surface area contributed by atoms with Crippen molar-refractivity contribution in [2.45, 2.75) is 90.8 Å². The van der Waals surface area contributed by atoms with Gasteiger partial charge in [-0.2, -0.15) is 0 Å². The number of hydrogen-bond donors (Lipinski definition) is 0. The highest BCUT2D eigenvalue weighted by Gasteiger charge is 2.31. The molecule has 0 radical (unpaired) electrons. The molecule has 0 spiro atoms. The Morgan fingerprint density at radius 1 is 1.15 bits per heavy atom. The third-order valence-corrected chi connectivity index (χ3v) is 3.56. The summed E-state index contributed by atoms with van der Waals surface area (Å²) in [4.78, 5) is 11.9. The van der Waals surface area contributed by atoms with Gasteiger partial charge in [-0.15, -0.1) is 0 Å². The maximum absolute atomic E-state index is 11.9. The molecular formula is C17H32O3. The Hall–Kier alpha value is -0.990. The smallest absolute Gasteiger partial charge is 0.431 e. The lowest BCUT2D eigenvalue weighted by Gasteiger charge is -2.30. The van der Waals surface area contributed by atoms with E-state index in [0.717, 1.165) is 51.4 Å². The van der Waals surface area contributed by atoms with Crippen LogP contribution in [0.5, 0.6) is 0 Å². The lowest BCUT2D eigenvalue weighted by Crippen LogP contribution is -2.34. The van der Waals surface area contributed by atoms with Crippen LogP contribution in [-0.4, -0.2) is 17.9 Å². The molecule has 0 aromatic heterocycles. The zero-order valence-corrected chi connectivity index (χ0v) is 13.7. The zero-order valence-electron chi connectivity index (χ0n) is 13.7. The summed E-state index contributed by atoms with van der Waals surface area (Å²) < 4.78 is 10.9. The lowest BCUT2D eigenvalue weighted by molar-refractivity contribution is -0.0355. The normalized spacial score (nSPS) is 12.8. The van der Waals surface area contributed by atoms with Crippen LogP contribution < -0.4 is 0 Å². The van der Waals surface area contributed by atoms with Crippen LogP contribution in [0.15, 0.2) is 12.7 Å². The minimum Gasteiger partial charge on any atom is -0.431 e. The van der Waals surface area contributed by atoms with Crippen molar-refractivity contribution in [3.63, 3.8) is 0 Å². The summed E-state index contributed by atoms with van der Waals surface area (Å²) in [6, 6.07) is 0. The molecule has 0 aromatic rings. The summed E-state index contributed by atoms with van der Waals surface area (Å²) in [7, 11) is 0. The van der Waals surface area contributed by atoms with Gasteiger partial charge >= 0.3 is 6.16 Å². The van der Waals surface area contributed by atoms with E-state index in [1.165, 1.54) is 0 Å². The molecule has 0 fully saturated rings. The van der Waals surface area contributed by atoms with Crippen LogP contribution in [-0.2, 0) is 9.47 Å². The van der Waals surface area contributed by atoms with Gasteiger partial charge in [0.1, 0.15) is 11.7 Å². The minimum atomic E-state index is -0.560. The van der Waals surface area contributed by atoms with Gasteiger partial charge in [0.25, 0.3) is 0 Å². The van der Waals surface area contributed by atoms with Gasteiger partial charge in [-0.1, -0.05) is 46.6 Å². The maximum Gasteiger partial charge on any atom is 0.509 e. The fourth-order valence-electron chi connectivity index (χ4n) is 2.24. The number of hydrogen-bond acceptors (Lipinski definition) is 3. The van der Waals surface area contributed by atoms with E-state index in [1.54, 1.807) is 6.08 Å². The molecule has 0 aliphatic heterocycles. The molecule has 0 aliphatic rings. The van der Waals surface area contributed by atoms with Gasteiger partial charge < -0.3 is 9.47 Å². The van der Waals surface area contributed by atoms with Gasteiger partial charge in [-0.3, -0.25) is 0 Å². The molecule has 0 saturated carbocycles. The van der Waals surface area contributed by atoms with E-state index in [-0.39, 0.29) is 6.10 Å². The molecule has 1 atom stereocenters. The van der Waals surface area contributed by atoms with Crippen molar-refractivity contribution >= 4 is 6.16 Å². The van der Waals surface area contributed by atoms with E-state index in [4.69, 9.17) is 9.47 Å². The third-order valence-electron chi connectivity index (χ3n) is 3.56. The molecule has 0 heterocycles. The van der Waals surface area contributed by atoms with Gasteiger partial charge in [0.15, 0.2) is 0 Å². The second kappa shape index (κ2) is 10.8. The predicted octanol–water partition coefficient (Wildman–Crippen LogP) is 5.63. The standard InChI is InChI=1S/C17H32O3/c1-6-10-13-17(9-4,14-11-7-2)20-16(18)19-15(5)12-8-3/h9,15H,4,6-8,10-14H2,1-3,5H3. The SMILES string of the molecule is C=CC(CCCC)(CCCC)OC(=O)OC(C)CCC. The van der Waals surface area contributed by atoms with Crippen LogP contribution in [0, 0.1) is 0 Å². The number of unbranched alkanes of at least 4 members (excludes halogenated alkanes) is 2.